The molecule has 1 saturated heterocycles. The van der Waals surface area contributed by atoms with Gasteiger partial charge in [0.2, 0.25) is 17.7 Å². The van der Waals surface area contributed by atoms with E-state index in [1.165, 1.54) is 32.9 Å². The first-order valence-corrected chi connectivity index (χ1v) is 21.8. The average molecular weight is 893 g/mol. The number of hydrogen-bond acceptors (Lipinski definition) is 16. The zero-order valence-electron chi connectivity index (χ0n) is 37.8. The summed E-state index contributed by atoms with van der Waals surface area (Å²) in [4.78, 5) is 98.8. The second-order valence-electron chi connectivity index (χ2n) is 19.4. The molecule has 1 heterocycles. The fourth-order valence-electron chi connectivity index (χ4n) is 10.6. The first-order valence-electron chi connectivity index (χ1n) is 21.8. The van der Waals surface area contributed by atoms with Gasteiger partial charge in [-0.2, -0.15) is 0 Å². The van der Waals surface area contributed by atoms with Crippen LogP contribution in [0.5, 0.6) is 0 Å². The van der Waals surface area contributed by atoms with Gasteiger partial charge in [0.1, 0.15) is 29.5 Å². The predicted molar refractivity (Wildman–Crippen MR) is 224 cm³/mol. The number of rotatable bonds is 12. The number of ketones is 2. The summed E-state index contributed by atoms with van der Waals surface area (Å²) in [7, 11) is 0. The van der Waals surface area contributed by atoms with Crippen LogP contribution >= 0.6 is 0 Å². The smallest absolute Gasteiger partial charge is 0.460 e. The molecular formula is C48H60O16. The molecule has 2 aromatic rings. The van der Waals surface area contributed by atoms with Crippen LogP contribution < -0.4 is 0 Å². The van der Waals surface area contributed by atoms with Crippen molar-refractivity contribution in [2.75, 3.05) is 13.2 Å². The Hall–Kier alpha value is -5.19. The van der Waals surface area contributed by atoms with Crippen LogP contribution in [0, 0.1) is 28.6 Å². The molecular weight excluding hydrogens is 833 g/mol. The fourth-order valence-corrected chi connectivity index (χ4v) is 10.6. The predicted octanol–water partition coefficient (Wildman–Crippen LogP) is 5.22. The summed E-state index contributed by atoms with van der Waals surface area (Å²) in [6, 6.07) is 16.1. The van der Waals surface area contributed by atoms with Crippen LogP contribution in [0.25, 0.3) is 0 Å². The Morgan fingerprint density at radius 1 is 0.938 bits per heavy atom. The number of esters is 4. The number of benzene rings is 2. The van der Waals surface area contributed by atoms with Crippen LogP contribution in [-0.4, -0.2) is 112 Å². The van der Waals surface area contributed by atoms with Gasteiger partial charge in [0, 0.05) is 42.9 Å². The number of Topliss-reactive ketones (excluding diaryl/α,β-unsaturated/α-hetero) is 2. The Labute approximate surface area is 372 Å². The van der Waals surface area contributed by atoms with Gasteiger partial charge in [-0.15, -0.1) is 0 Å². The molecule has 16 heteroatoms. The molecule has 0 aromatic heterocycles. The quantitative estimate of drug-likeness (QED) is 0.158. The molecule has 3 unspecified atom stereocenters. The largest absolute Gasteiger partial charge is 0.509 e. The van der Waals surface area contributed by atoms with Gasteiger partial charge in [0.05, 0.1) is 42.6 Å². The van der Waals surface area contributed by atoms with E-state index in [0.717, 1.165) is 6.92 Å². The van der Waals surface area contributed by atoms with Crippen LogP contribution in [-0.2, 0) is 57.1 Å². The Kier molecular flexibility index (Phi) is 13.6. The third-order valence-electron chi connectivity index (χ3n) is 13.8. The summed E-state index contributed by atoms with van der Waals surface area (Å²) >= 11 is 0. The normalized spacial score (nSPS) is 32.6. The fraction of sp³-hybridized carbons (Fsp3) is 0.604. The van der Waals surface area contributed by atoms with Crippen molar-refractivity contribution in [3.63, 3.8) is 0 Å². The highest BCUT2D eigenvalue weighted by Gasteiger charge is 2.79. The SMILES string of the molecule is CCCOC(=O)OC(C(=O)O[C@H]1C[C@@]2(O)[C@@H](OC(=O)c3ccccc3)[C@@H]3[C@]4(OC(C)=O)CO[C@@H]4C[C@H](O)[C@@]3(C)C(=O)C(=O)C(C1C)C2(C)C)[C@@H](CC(=O)OC(C)(C)C)c1ccccc1. The molecule has 2 aromatic carbocycles. The molecule has 0 amide bonds. The minimum absolute atomic E-state index is 0.0547. The average Bonchev–Trinajstić information content (AvgIpc) is 3.22. The summed E-state index contributed by atoms with van der Waals surface area (Å²) in [5, 5.41) is 25.6. The number of carbonyl (C=O) groups is 7. The number of fused-ring (bicyclic) bond motifs is 5. The molecule has 348 valence electrons. The van der Waals surface area contributed by atoms with Gasteiger partial charge in [-0.3, -0.25) is 19.2 Å². The first-order chi connectivity index (χ1) is 29.9. The summed E-state index contributed by atoms with van der Waals surface area (Å²) in [6.07, 6.45) is -9.83. The summed E-state index contributed by atoms with van der Waals surface area (Å²) in [6.45, 7) is 13.5. The molecule has 64 heavy (non-hydrogen) atoms. The van der Waals surface area contributed by atoms with Crippen LogP contribution in [0.3, 0.4) is 0 Å². The number of hydrogen-bond donors (Lipinski definition) is 2. The Bertz CT molecular complexity index is 2110. The molecule has 3 aliphatic carbocycles. The highest BCUT2D eigenvalue weighted by atomic mass is 16.7. The van der Waals surface area contributed by atoms with Gasteiger partial charge in [0.25, 0.3) is 0 Å². The van der Waals surface area contributed by atoms with Crippen molar-refractivity contribution in [2.45, 2.75) is 141 Å². The maximum absolute atomic E-state index is 15.1. The highest BCUT2D eigenvalue weighted by molar-refractivity contribution is 6.40. The minimum Gasteiger partial charge on any atom is -0.460 e. The van der Waals surface area contributed by atoms with Crippen molar-refractivity contribution in [3.05, 3.63) is 71.8 Å². The van der Waals surface area contributed by atoms with Crippen molar-refractivity contribution >= 4 is 41.6 Å². The molecule has 6 rings (SSSR count). The van der Waals surface area contributed by atoms with Crippen molar-refractivity contribution in [1.82, 2.24) is 0 Å². The van der Waals surface area contributed by atoms with E-state index < -0.39 is 136 Å². The third kappa shape index (κ3) is 8.68. The van der Waals surface area contributed by atoms with Gasteiger partial charge in [-0.05, 0) is 51.8 Å². The van der Waals surface area contributed by atoms with Gasteiger partial charge >= 0.3 is 30.0 Å². The van der Waals surface area contributed by atoms with Crippen molar-refractivity contribution in [1.29, 1.82) is 0 Å². The van der Waals surface area contributed by atoms with Gasteiger partial charge < -0.3 is 43.4 Å². The lowest BCUT2D eigenvalue weighted by molar-refractivity contribution is -0.350. The van der Waals surface area contributed by atoms with Gasteiger partial charge in [0.15, 0.2) is 5.60 Å². The van der Waals surface area contributed by atoms with Gasteiger partial charge in [-0.1, -0.05) is 76.2 Å². The Morgan fingerprint density at radius 3 is 2.12 bits per heavy atom. The number of aliphatic hydroxyl groups excluding tert-OH is 1. The minimum atomic E-state index is -2.40. The summed E-state index contributed by atoms with van der Waals surface area (Å²) < 4.78 is 41.0. The Morgan fingerprint density at radius 2 is 1.56 bits per heavy atom. The Balaban J connectivity index is 1.50. The molecule has 4 fully saturated rings. The van der Waals surface area contributed by atoms with E-state index >= 15 is 9.59 Å². The zero-order valence-corrected chi connectivity index (χ0v) is 37.8. The van der Waals surface area contributed by atoms with Crippen molar-refractivity contribution in [3.8, 4) is 0 Å². The van der Waals surface area contributed by atoms with Gasteiger partial charge in [-0.25, -0.2) is 14.4 Å². The summed E-state index contributed by atoms with van der Waals surface area (Å²) in [5.41, 5.74) is -8.41. The van der Waals surface area contributed by atoms with E-state index in [2.05, 4.69) is 0 Å². The van der Waals surface area contributed by atoms with Crippen LogP contribution in [0.1, 0.15) is 110 Å². The molecule has 2 N–H and O–H groups in total. The molecule has 2 bridgehead atoms. The molecule has 1 aliphatic heterocycles. The maximum atomic E-state index is 15.1. The van der Waals surface area contributed by atoms with Crippen LogP contribution in [0.4, 0.5) is 4.79 Å². The standard InChI is InChI=1S/C48H60O16/c1-10-21-58-43(56)61-37(30(28-17-13-11-14-18-28)22-34(51)64-44(4,5)6)42(55)60-31-24-48(57)40(62-41(54)29-19-15-12-16-20-29)38-46(9,39(53)36(52)35(26(31)2)45(48,7)8)32(50)23-33-47(38,25-59-33)63-27(3)49/h11-20,26,30-33,35,37-38,40,50,57H,10,21-25H2,1-9H3/t26?,30-,31-,32-,33+,35?,37?,38-,40-,46+,47-,48+/m0/s1. The molecule has 0 spiro atoms. The monoisotopic (exact) mass is 892 g/mol. The topological polar surface area (TPSA) is 225 Å². The van der Waals surface area contributed by atoms with E-state index in [-0.39, 0.29) is 25.2 Å². The molecule has 0 radical (unpaired) electrons. The van der Waals surface area contributed by atoms with Crippen molar-refractivity contribution in [2.24, 2.45) is 28.6 Å². The second kappa shape index (κ2) is 18.0. The number of carbonyl (C=O) groups excluding carboxylic acids is 7. The van der Waals surface area contributed by atoms with E-state index in [0.29, 0.717) is 12.0 Å². The lowest BCUT2D eigenvalue weighted by atomic mass is 9.42. The first kappa shape index (κ1) is 48.3. The molecule has 3 saturated carbocycles. The van der Waals surface area contributed by atoms with E-state index in [1.54, 1.807) is 83.1 Å². The van der Waals surface area contributed by atoms with E-state index in [9.17, 15) is 34.2 Å². The molecule has 12 atom stereocenters. The summed E-state index contributed by atoms with van der Waals surface area (Å²) in [5.74, 6) is -11.0. The van der Waals surface area contributed by atoms with E-state index in [1.807, 2.05) is 0 Å². The lowest BCUT2D eigenvalue weighted by Gasteiger charge is -2.67. The highest BCUT2D eigenvalue weighted by Crippen LogP contribution is 2.64. The zero-order chi connectivity index (χ0) is 47.2. The van der Waals surface area contributed by atoms with E-state index in [4.69, 9.17) is 33.2 Å². The lowest BCUT2D eigenvalue weighted by Crippen LogP contribution is -2.82. The number of aliphatic hydroxyl groups is 2. The third-order valence-corrected chi connectivity index (χ3v) is 13.8. The van der Waals surface area contributed by atoms with Crippen molar-refractivity contribution < 1.29 is 76.9 Å². The molecule has 4 aliphatic rings. The second-order valence-corrected chi connectivity index (χ2v) is 19.4. The van der Waals surface area contributed by atoms with Crippen LogP contribution in [0.15, 0.2) is 60.7 Å². The molecule has 16 nitrogen and oxygen atoms in total. The maximum Gasteiger partial charge on any atom is 0.509 e. The number of ether oxygens (including phenoxy) is 7. The van der Waals surface area contributed by atoms with Crippen LogP contribution in [0.2, 0.25) is 0 Å².